The molecule has 0 saturated carbocycles. The van der Waals surface area contributed by atoms with Crippen LogP contribution in [-0.4, -0.2) is 28.0 Å². The second kappa shape index (κ2) is 9.00. The molecule has 0 aliphatic carbocycles. The smallest absolute Gasteiger partial charge is 0.277 e. The summed E-state index contributed by atoms with van der Waals surface area (Å²) in [5.74, 6) is 1.06. The van der Waals surface area contributed by atoms with Crippen LogP contribution in [0.25, 0.3) is 22.2 Å². The van der Waals surface area contributed by atoms with Crippen molar-refractivity contribution >= 4 is 34.1 Å². The number of nitrogens with one attached hydrogen (secondary N) is 1. The molecule has 1 aromatic heterocycles. The molecule has 0 fully saturated rings. The Balaban J connectivity index is 1.39. The van der Waals surface area contributed by atoms with Crippen LogP contribution in [0.5, 0.6) is 5.75 Å². The molecule has 3 aromatic carbocycles. The Labute approximate surface area is 178 Å². The van der Waals surface area contributed by atoms with Crippen LogP contribution in [0.4, 0.5) is 5.69 Å². The molecule has 6 nitrogen and oxygen atoms in total. The van der Waals surface area contributed by atoms with Crippen molar-refractivity contribution in [3.8, 4) is 17.2 Å². The average molecular weight is 420 g/mol. The molecule has 0 bridgehead atoms. The summed E-state index contributed by atoms with van der Waals surface area (Å²) in [5, 5.41) is 13.2. The third-order valence-electron chi connectivity index (χ3n) is 4.48. The Morgan fingerprint density at radius 2 is 1.83 bits per heavy atom. The maximum absolute atomic E-state index is 12.6. The number of thioether (sulfide) groups is 1. The van der Waals surface area contributed by atoms with Crippen LogP contribution < -0.4 is 10.1 Å². The van der Waals surface area contributed by atoms with Crippen molar-refractivity contribution in [1.29, 1.82) is 0 Å². The molecule has 4 aromatic rings. The van der Waals surface area contributed by atoms with Gasteiger partial charge in [-0.1, -0.05) is 42.1 Å². The third kappa shape index (κ3) is 4.63. The van der Waals surface area contributed by atoms with Gasteiger partial charge in [0.05, 0.1) is 11.9 Å². The molecule has 0 radical (unpaired) electrons. The minimum Gasteiger partial charge on any atom is -0.494 e. The molecule has 0 spiro atoms. The number of ether oxygens (including phenoxy) is 1. The maximum atomic E-state index is 12.6. The molecule has 1 atom stereocenters. The molecule has 0 unspecified atom stereocenters. The van der Waals surface area contributed by atoms with Gasteiger partial charge in [-0.2, -0.15) is 0 Å². The number of nitrogens with zero attached hydrogens (tertiary/aromatic N) is 2. The largest absolute Gasteiger partial charge is 0.494 e. The van der Waals surface area contributed by atoms with Crippen LogP contribution >= 0.6 is 11.8 Å². The highest BCUT2D eigenvalue weighted by atomic mass is 32.2. The topological polar surface area (TPSA) is 77.2 Å². The van der Waals surface area contributed by atoms with Gasteiger partial charge in [0.15, 0.2) is 0 Å². The fraction of sp³-hybridized carbons (Fsp3) is 0.174. The number of carbonyl (C=O) groups is 1. The van der Waals surface area contributed by atoms with Gasteiger partial charge >= 0.3 is 0 Å². The fourth-order valence-electron chi connectivity index (χ4n) is 2.95. The van der Waals surface area contributed by atoms with E-state index in [1.807, 2.05) is 80.6 Å². The zero-order valence-electron chi connectivity index (χ0n) is 16.7. The van der Waals surface area contributed by atoms with Gasteiger partial charge in [0.1, 0.15) is 5.75 Å². The van der Waals surface area contributed by atoms with E-state index in [9.17, 15) is 4.79 Å². The Morgan fingerprint density at radius 1 is 1.07 bits per heavy atom. The van der Waals surface area contributed by atoms with Gasteiger partial charge in [-0.25, -0.2) is 0 Å². The number of anilines is 1. The van der Waals surface area contributed by atoms with Gasteiger partial charge in [0.25, 0.3) is 5.22 Å². The zero-order valence-corrected chi connectivity index (χ0v) is 17.5. The van der Waals surface area contributed by atoms with E-state index in [0.717, 1.165) is 27.8 Å². The number of benzene rings is 3. The van der Waals surface area contributed by atoms with Crippen LogP contribution in [0, 0.1) is 0 Å². The minimum absolute atomic E-state index is 0.129. The SMILES string of the molecule is CCOc1ccc(-c2nnc(S[C@@H](C)C(=O)Nc3ccc4ccccc4c3)o2)cc1. The molecule has 0 saturated heterocycles. The molecular weight excluding hydrogens is 398 g/mol. The summed E-state index contributed by atoms with van der Waals surface area (Å²) < 4.78 is 11.2. The minimum atomic E-state index is -0.398. The molecule has 152 valence electrons. The van der Waals surface area contributed by atoms with Crippen LogP contribution in [0.1, 0.15) is 13.8 Å². The Bertz CT molecular complexity index is 1160. The van der Waals surface area contributed by atoms with Gasteiger partial charge < -0.3 is 14.5 Å². The summed E-state index contributed by atoms with van der Waals surface area (Å²) in [7, 11) is 0. The summed E-state index contributed by atoms with van der Waals surface area (Å²) in [6.45, 7) is 4.36. The van der Waals surface area contributed by atoms with E-state index in [1.54, 1.807) is 0 Å². The maximum Gasteiger partial charge on any atom is 0.277 e. The summed E-state index contributed by atoms with van der Waals surface area (Å²) in [4.78, 5) is 12.6. The number of amides is 1. The number of aromatic nitrogens is 2. The molecule has 1 amide bonds. The van der Waals surface area contributed by atoms with Crippen molar-refractivity contribution in [3.63, 3.8) is 0 Å². The van der Waals surface area contributed by atoms with E-state index >= 15 is 0 Å². The van der Waals surface area contributed by atoms with Crippen molar-refractivity contribution in [1.82, 2.24) is 10.2 Å². The summed E-state index contributed by atoms with van der Waals surface area (Å²) in [6.07, 6.45) is 0. The Kier molecular flexibility index (Phi) is 5.99. The molecule has 1 heterocycles. The van der Waals surface area contributed by atoms with Crippen molar-refractivity contribution < 1.29 is 13.9 Å². The first-order chi connectivity index (χ1) is 14.6. The first-order valence-corrected chi connectivity index (χ1v) is 10.5. The van der Waals surface area contributed by atoms with Crippen LogP contribution in [0.15, 0.2) is 76.4 Å². The lowest BCUT2D eigenvalue weighted by Crippen LogP contribution is -2.22. The van der Waals surface area contributed by atoms with Gasteiger partial charge in [0, 0.05) is 11.3 Å². The van der Waals surface area contributed by atoms with Gasteiger partial charge in [-0.3, -0.25) is 4.79 Å². The number of rotatable bonds is 7. The Hall–Kier alpha value is -3.32. The van der Waals surface area contributed by atoms with Crippen LogP contribution in [0.3, 0.4) is 0 Å². The number of hydrogen-bond donors (Lipinski definition) is 1. The Morgan fingerprint density at radius 3 is 2.60 bits per heavy atom. The molecule has 0 aliphatic rings. The van der Waals surface area contributed by atoms with E-state index < -0.39 is 5.25 Å². The molecule has 4 rings (SSSR count). The third-order valence-corrected chi connectivity index (χ3v) is 5.42. The quantitative estimate of drug-likeness (QED) is 0.404. The van der Waals surface area contributed by atoms with Crippen LogP contribution in [-0.2, 0) is 4.79 Å². The van der Waals surface area contributed by atoms with Crippen molar-refractivity contribution in [3.05, 3.63) is 66.7 Å². The first-order valence-electron chi connectivity index (χ1n) is 9.65. The fourth-order valence-corrected chi connectivity index (χ4v) is 3.63. The van der Waals surface area contributed by atoms with E-state index in [1.165, 1.54) is 11.8 Å². The standard InChI is InChI=1S/C23H21N3O3S/c1-3-28-20-12-9-17(10-13-20)22-25-26-23(29-22)30-15(2)21(27)24-19-11-8-16-6-4-5-7-18(16)14-19/h4-15H,3H2,1-2H3,(H,24,27)/t15-/m0/s1. The average Bonchev–Trinajstić information content (AvgIpc) is 3.23. The van der Waals surface area contributed by atoms with Crippen molar-refractivity contribution in [2.24, 2.45) is 0 Å². The predicted molar refractivity (Wildman–Crippen MR) is 119 cm³/mol. The van der Waals surface area contributed by atoms with Crippen molar-refractivity contribution in [2.75, 3.05) is 11.9 Å². The molecule has 0 aliphatic heterocycles. The van der Waals surface area contributed by atoms with Gasteiger partial charge in [-0.05, 0) is 61.0 Å². The molecule has 7 heteroatoms. The van der Waals surface area contributed by atoms with Gasteiger partial charge in [0.2, 0.25) is 11.8 Å². The zero-order chi connectivity index (χ0) is 20.9. The molecule has 30 heavy (non-hydrogen) atoms. The van der Waals surface area contributed by atoms with E-state index in [-0.39, 0.29) is 5.91 Å². The predicted octanol–water partition coefficient (Wildman–Crippen LogP) is 5.41. The van der Waals surface area contributed by atoms with Crippen molar-refractivity contribution in [2.45, 2.75) is 24.3 Å². The lowest BCUT2D eigenvalue weighted by molar-refractivity contribution is -0.115. The summed E-state index contributed by atoms with van der Waals surface area (Å²) >= 11 is 1.22. The number of hydrogen-bond acceptors (Lipinski definition) is 6. The highest BCUT2D eigenvalue weighted by Crippen LogP contribution is 2.28. The van der Waals surface area contributed by atoms with Crippen LogP contribution in [0.2, 0.25) is 0 Å². The lowest BCUT2D eigenvalue weighted by atomic mass is 10.1. The molecular formula is C23H21N3O3S. The number of fused-ring (bicyclic) bond motifs is 1. The molecule has 1 N–H and O–H groups in total. The van der Waals surface area contributed by atoms with Gasteiger partial charge in [-0.15, -0.1) is 10.2 Å². The number of carbonyl (C=O) groups excluding carboxylic acids is 1. The summed E-state index contributed by atoms with van der Waals surface area (Å²) in [5.41, 5.74) is 1.55. The summed E-state index contributed by atoms with van der Waals surface area (Å²) in [6, 6.07) is 21.3. The highest BCUT2D eigenvalue weighted by Gasteiger charge is 2.19. The lowest BCUT2D eigenvalue weighted by Gasteiger charge is -2.10. The van der Waals surface area contributed by atoms with E-state index in [4.69, 9.17) is 9.15 Å². The second-order valence-electron chi connectivity index (χ2n) is 6.64. The second-order valence-corrected chi connectivity index (χ2v) is 7.93. The van der Waals surface area contributed by atoms with E-state index in [0.29, 0.717) is 17.7 Å². The first kappa shape index (κ1) is 20.0. The monoisotopic (exact) mass is 419 g/mol. The van der Waals surface area contributed by atoms with E-state index in [2.05, 4.69) is 15.5 Å². The normalized spacial score (nSPS) is 11.9. The highest BCUT2D eigenvalue weighted by molar-refractivity contribution is 8.00.